The molecule has 21 heteroatoms. The molecular weight excluding hydrogens is 992 g/mol. The number of unbranched alkanes of at least 4 members (excludes halogenated alkanes) is 2. The maximum atomic E-state index is 12.3. The second-order valence-electron chi connectivity index (χ2n) is 19.0. The van der Waals surface area contributed by atoms with Crippen molar-refractivity contribution in [3.8, 4) is 0 Å². The van der Waals surface area contributed by atoms with Gasteiger partial charge in [0.2, 0.25) is 5.69 Å². The number of carbonyl (C=O) groups is 1. The average molecular weight is 1050 g/mol. The molecule has 1 unspecified atom stereocenters. The summed E-state index contributed by atoms with van der Waals surface area (Å²) in [6, 6.07) is 16.5. The van der Waals surface area contributed by atoms with Gasteiger partial charge < -0.3 is 14.6 Å². The number of anilines is 1. The number of rotatable bonds is 20. The first-order valence-corrected chi connectivity index (χ1v) is 28.8. The molecule has 0 amide bonds. The molecule has 1 aliphatic carbocycles. The van der Waals surface area contributed by atoms with Gasteiger partial charge in [-0.05, 0) is 135 Å². The van der Waals surface area contributed by atoms with Gasteiger partial charge >= 0.3 is 35.5 Å². The number of fused-ring (bicyclic) bond motifs is 2. The third-order valence-corrected chi connectivity index (χ3v) is 16.6. The number of hydrogen-bond donors (Lipinski definition) is 4. The second-order valence-corrected chi connectivity index (χ2v) is 25.0. The minimum atomic E-state index is -4.80. The summed E-state index contributed by atoms with van der Waals surface area (Å²) in [5.41, 5.74) is 7.05. The summed E-state index contributed by atoms with van der Waals surface area (Å²) in [6.45, 7) is 9.98. The summed E-state index contributed by atoms with van der Waals surface area (Å²) in [5, 5.41) is 9.61. The molecule has 0 aromatic heterocycles. The van der Waals surface area contributed by atoms with E-state index < -0.39 is 74.7 Å². The van der Waals surface area contributed by atoms with E-state index in [0.717, 1.165) is 45.7 Å². The molecule has 0 bridgehead atoms. The van der Waals surface area contributed by atoms with Crippen LogP contribution in [0.3, 0.4) is 0 Å². The monoisotopic (exact) mass is 1050 g/mol. The van der Waals surface area contributed by atoms with Crippen molar-refractivity contribution < 1.29 is 66.4 Å². The van der Waals surface area contributed by atoms with E-state index in [-0.39, 0.29) is 52.2 Å². The first-order chi connectivity index (χ1) is 32.0. The Kier molecular flexibility index (Phi) is 18.1. The Hall–Kier alpha value is -3.80. The fourth-order valence-electron chi connectivity index (χ4n) is 9.59. The van der Waals surface area contributed by atoms with Gasteiger partial charge in [0, 0.05) is 47.5 Å². The van der Waals surface area contributed by atoms with E-state index >= 15 is 0 Å². The minimum absolute atomic E-state index is 0. The van der Waals surface area contributed by atoms with Crippen LogP contribution in [0, 0.1) is 5.92 Å². The molecule has 3 aromatic carbocycles. The van der Waals surface area contributed by atoms with Crippen LogP contribution in [0.25, 0.3) is 5.57 Å². The van der Waals surface area contributed by atoms with E-state index in [4.69, 9.17) is 0 Å². The Bertz CT molecular complexity index is 3150. The van der Waals surface area contributed by atoms with E-state index in [1.165, 1.54) is 24.3 Å². The van der Waals surface area contributed by atoms with Gasteiger partial charge in [-0.3, -0.25) is 18.5 Å². The van der Waals surface area contributed by atoms with E-state index in [2.05, 4.69) is 0 Å². The number of hydrogen-bond acceptors (Lipinski definition) is 11. The first-order valence-electron chi connectivity index (χ1n) is 22.7. The van der Waals surface area contributed by atoms with Crippen molar-refractivity contribution in [2.75, 3.05) is 29.5 Å². The van der Waals surface area contributed by atoms with E-state index in [0.29, 0.717) is 74.1 Å². The van der Waals surface area contributed by atoms with Crippen LogP contribution in [0.15, 0.2) is 112 Å². The summed E-state index contributed by atoms with van der Waals surface area (Å²) in [6.07, 6.45) is 11.9. The topological polar surface area (TPSA) is 264 Å². The van der Waals surface area contributed by atoms with Crippen molar-refractivity contribution in [2.24, 2.45) is 5.92 Å². The van der Waals surface area contributed by atoms with Crippen molar-refractivity contribution in [1.82, 2.24) is 0 Å². The molecule has 0 saturated heterocycles. The fraction of sp³-hybridized carbons (Fsp3) is 0.429. The molecule has 2 aliphatic heterocycles. The van der Waals surface area contributed by atoms with Crippen LogP contribution >= 0.6 is 0 Å². The molecule has 4 N–H and O–H groups in total. The van der Waals surface area contributed by atoms with Gasteiger partial charge in [0.25, 0.3) is 30.4 Å². The molecule has 0 spiro atoms. The Labute approximate surface area is 434 Å². The SMILES string of the molecule is CC(CCc1cccc(C2=C(C=CC3=[N+](CCCCS(=O)(=O)O)c4ccc(S(=O)(=O)[O-])cc4C3(C)C)CCCC2=CC=C2N(CCCCS(=O)(=O)O)c3ccc(S(=O)(=O)O)cc3C2(C)C)c1)C(=O)O.[NaH]. The van der Waals surface area contributed by atoms with Crippen LogP contribution in [0.4, 0.5) is 11.4 Å². The van der Waals surface area contributed by atoms with E-state index in [1.807, 2.05) is 85.7 Å². The number of aryl methyl sites for hydroxylation is 1. The zero-order valence-electron chi connectivity index (χ0n) is 39.3. The molecule has 16 nitrogen and oxygen atoms in total. The van der Waals surface area contributed by atoms with Crippen LogP contribution in [-0.4, -0.2) is 127 Å². The van der Waals surface area contributed by atoms with Crippen LogP contribution in [0.2, 0.25) is 0 Å². The molecule has 1 atom stereocenters. The summed E-state index contributed by atoms with van der Waals surface area (Å²) in [5.74, 6) is -2.33. The molecule has 3 aromatic rings. The van der Waals surface area contributed by atoms with Gasteiger partial charge in [0.15, 0.2) is 5.71 Å². The first kappa shape index (κ1) is 57.1. The Morgan fingerprint density at radius 3 is 2.06 bits per heavy atom. The summed E-state index contributed by atoms with van der Waals surface area (Å²) in [4.78, 5) is 13.1. The van der Waals surface area contributed by atoms with Gasteiger partial charge in [-0.1, -0.05) is 57.2 Å². The predicted molar refractivity (Wildman–Crippen MR) is 270 cm³/mol. The second kappa shape index (κ2) is 22.1. The number of allylic oxidation sites excluding steroid dienone is 8. The molecule has 6 rings (SSSR count). The number of carboxylic acids is 1. The molecule has 0 fully saturated rings. The van der Waals surface area contributed by atoms with Gasteiger partial charge in [-0.2, -0.15) is 29.8 Å². The van der Waals surface area contributed by atoms with Crippen LogP contribution in [0.1, 0.15) is 108 Å². The Morgan fingerprint density at radius 2 is 1.43 bits per heavy atom. The molecule has 3 aliphatic rings. The van der Waals surface area contributed by atoms with Crippen LogP contribution in [0.5, 0.6) is 0 Å². The van der Waals surface area contributed by atoms with Gasteiger partial charge in [0.1, 0.15) is 16.7 Å². The quantitative estimate of drug-likeness (QED) is 0.0373. The van der Waals surface area contributed by atoms with Crippen molar-refractivity contribution in [3.63, 3.8) is 0 Å². The molecule has 376 valence electrons. The standard InChI is InChI=1S/C49H60N2O14S4.Na.H/c1-33(47(52)53)16-17-34-12-10-15-37(30-34)46-35(18-24-44-48(2,3)40-31-38(68(60,61)62)20-22-42(40)50(44)26-6-8-28-66(54,55)56)13-11-14-36(46)19-25-45-49(4,5)41-32-39(69(63,64)65)21-23-43(41)51(45)27-7-9-29-67(57,58)59;;/h10,12,15,18-25,30-33H,6-9,11,13-14,16-17,26-29H2,1-5H3,(H4-,52,53,54,55,56,57,58,59,60,61,62,63,64,65);;. The third kappa shape index (κ3) is 13.6. The van der Waals surface area contributed by atoms with Crippen molar-refractivity contribution in [3.05, 3.63) is 124 Å². The molecule has 0 saturated carbocycles. The summed E-state index contributed by atoms with van der Waals surface area (Å²) >= 11 is 0. The van der Waals surface area contributed by atoms with Crippen molar-refractivity contribution in [1.29, 1.82) is 0 Å². The van der Waals surface area contributed by atoms with E-state index in [1.54, 1.807) is 19.1 Å². The van der Waals surface area contributed by atoms with Gasteiger partial charge in [-0.25, -0.2) is 8.42 Å². The Morgan fingerprint density at radius 1 is 0.786 bits per heavy atom. The number of benzene rings is 3. The fourth-order valence-corrected chi connectivity index (χ4v) is 11.7. The maximum absolute atomic E-state index is 12.3. The normalized spacial score (nSPS) is 18.7. The molecule has 70 heavy (non-hydrogen) atoms. The van der Waals surface area contributed by atoms with Crippen molar-refractivity contribution >= 4 is 98.7 Å². The third-order valence-electron chi connectivity index (χ3n) is 13.3. The number of nitrogens with zero attached hydrogens (tertiary/aromatic N) is 2. The number of aliphatic carboxylic acids is 1. The van der Waals surface area contributed by atoms with Gasteiger partial charge in [0.05, 0.1) is 32.6 Å². The molecular formula is C49H61N2NaO14S4. The average Bonchev–Trinajstić information content (AvgIpc) is 3.59. The van der Waals surface area contributed by atoms with Crippen LogP contribution in [-0.2, 0) is 62.5 Å². The number of carboxylic acid groups (broad SMARTS) is 1. The molecule has 2 heterocycles. The summed E-state index contributed by atoms with van der Waals surface area (Å²) in [7, 11) is -17.8. The Balaban J connectivity index is 0.00000913. The van der Waals surface area contributed by atoms with Gasteiger partial charge in [-0.15, -0.1) is 0 Å². The predicted octanol–water partition coefficient (Wildman–Crippen LogP) is 7.36. The summed E-state index contributed by atoms with van der Waals surface area (Å²) < 4.78 is 138. The zero-order valence-corrected chi connectivity index (χ0v) is 42.5. The van der Waals surface area contributed by atoms with E-state index in [9.17, 15) is 61.8 Å². The molecule has 0 radical (unpaired) electrons. The zero-order chi connectivity index (χ0) is 50.9. The van der Waals surface area contributed by atoms with Crippen LogP contribution < -0.4 is 4.90 Å². The van der Waals surface area contributed by atoms with Crippen molar-refractivity contribution in [2.45, 2.75) is 113 Å².